The van der Waals surface area contributed by atoms with E-state index >= 15 is 0 Å². The summed E-state index contributed by atoms with van der Waals surface area (Å²) < 4.78 is 15.2. The third-order valence-corrected chi connectivity index (χ3v) is 1.87. The molecule has 1 atom stereocenters. The molecule has 0 aliphatic rings. The number of hydrogen-bond donors (Lipinski definition) is 0. The van der Waals surface area contributed by atoms with Gasteiger partial charge in [0.05, 0.1) is 6.61 Å². The molecule has 1 rings (SSSR count). The van der Waals surface area contributed by atoms with Crippen LogP contribution in [0.4, 0.5) is 4.79 Å². The average molecular weight is 238 g/mol. The Kier molecular flexibility index (Phi) is 5.49. The molecule has 0 saturated carbocycles. The van der Waals surface area contributed by atoms with Crippen molar-refractivity contribution in [3.63, 3.8) is 0 Å². The Labute approximate surface area is 101 Å². The van der Waals surface area contributed by atoms with Gasteiger partial charge in [0.15, 0.2) is 0 Å². The summed E-state index contributed by atoms with van der Waals surface area (Å²) in [5.41, 5.74) is 0. The van der Waals surface area contributed by atoms with Crippen molar-refractivity contribution < 1.29 is 19.0 Å². The summed E-state index contributed by atoms with van der Waals surface area (Å²) in [6.07, 6.45) is -1.36. The van der Waals surface area contributed by atoms with Crippen LogP contribution in [0.2, 0.25) is 0 Å². The highest BCUT2D eigenvalue weighted by Gasteiger charge is 2.12. The number of rotatable bonds is 5. The summed E-state index contributed by atoms with van der Waals surface area (Å²) in [5, 5.41) is 0. The standard InChI is InChI=1S/C13H18O4/c1-10(2)9-15-11(3)16-13(14)17-12-7-5-4-6-8-12/h4-8,10-11H,9H2,1-3H3. The number of ether oxygens (including phenoxy) is 3. The minimum atomic E-state index is -0.757. The van der Waals surface area contributed by atoms with Gasteiger partial charge in [0.1, 0.15) is 5.75 Å². The quantitative estimate of drug-likeness (QED) is 0.449. The maximum absolute atomic E-state index is 11.3. The molecule has 0 fully saturated rings. The Morgan fingerprint density at radius 1 is 1.18 bits per heavy atom. The fraction of sp³-hybridized carbons (Fsp3) is 0.462. The summed E-state index contributed by atoms with van der Waals surface area (Å²) in [6.45, 7) is 6.25. The van der Waals surface area contributed by atoms with E-state index in [4.69, 9.17) is 14.2 Å². The van der Waals surface area contributed by atoms with Gasteiger partial charge in [0.25, 0.3) is 0 Å². The van der Waals surface area contributed by atoms with Crippen LogP contribution in [-0.4, -0.2) is 19.1 Å². The summed E-state index contributed by atoms with van der Waals surface area (Å²) in [4.78, 5) is 11.3. The van der Waals surface area contributed by atoms with Gasteiger partial charge < -0.3 is 14.2 Å². The fourth-order valence-electron chi connectivity index (χ4n) is 1.11. The summed E-state index contributed by atoms with van der Waals surface area (Å²) in [6, 6.07) is 8.76. The molecule has 1 aromatic rings. The Morgan fingerprint density at radius 2 is 1.82 bits per heavy atom. The summed E-state index contributed by atoms with van der Waals surface area (Å²) in [7, 11) is 0. The van der Waals surface area contributed by atoms with E-state index in [-0.39, 0.29) is 0 Å². The van der Waals surface area contributed by atoms with Crippen molar-refractivity contribution >= 4 is 6.16 Å². The molecular formula is C13H18O4. The van der Waals surface area contributed by atoms with Crippen molar-refractivity contribution in [3.05, 3.63) is 30.3 Å². The number of carbonyl (C=O) groups is 1. The van der Waals surface area contributed by atoms with Crippen LogP contribution in [0.1, 0.15) is 20.8 Å². The van der Waals surface area contributed by atoms with E-state index in [2.05, 4.69) is 0 Å². The molecular weight excluding hydrogens is 220 g/mol. The zero-order valence-corrected chi connectivity index (χ0v) is 10.4. The molecule has 17 heavy (non-hydrogen) atoms. The van der Waals surface area contributed by atoms with Crippen molar-refractivity contribution in [2.45, 2.75) is 27.1 Å². The topological polar surface area (TPSA) is 44.8 Å². The van der Waals surface area contributed by atoms with E-state index in [9.17, 15) is 4.79 Å². The molecule has 1 aromatic carbocycles. The molecule has 4 nitrogen and oxygen atoms in total. The third-order valence-electron chi connectivity index (χ3n) is 1.87. The van der Waals surface area contributed by atoms with Gasteiger partial charge in [-0.05, 0) is 25.0 Å². The van der Waals surface area contributed by atoms with Crippen molar-refractivity contribution in [2.24, 2.45) is 5.92 Å². The van der Waals surface area contributed by atoms with Gasteiger partial charge in [-0.3, -0.25) is 0 Å². The lowest BCUT2D eigenvalue weighted by Crippen LogP contribution is -2.22. The predicted octanol–water partition coefficient (Wildman–Crippen LogP) is 3.22. The molecule has 1 unspecified atom stereocenters. The maximum Gasteiger partial charge on any atom is 0.516 e. The Hall–Kier alpha value is -1.55. The number of hydrogen-bond acceptors (Lipinski definition) is 4. The monoisotopic (exact) mass is 238 g/mol. The third kappa shape index (κ3) is 5.92. The molecule has 94 valence electrons. The maximum atomic E-state index is 11.3. The first-order valence-electron chi connectivity index (χ1n) is 5.63. The van der Waals surface area contributed by atoms with Gasteiger partial charge in [-0.2, -0.15) is 0 Å². The first-order chi connectivity index (χ1) is 8.08. The zero-order valence-electron chi connectivity index (χ0n) is 10.4. The molecule has 0 aromatic heterocycles. The summed E-state index contributed by atoms with van der Waals surface area (Å²) in [5.74, 6) is 0.847. The van der Waals surface area contributed by atoms with Gasteiger partial charge in [0.2, 0.25) is 6.29 Å². The molecule has 0 heterocycles. The zero-order chi connectivity index (χ0) is 12.7. The minimum absolute atomic E-state index is 0.395. The van der Waals surface area contributed by atoms with Crippen LogP contribution < -0.4 is 4.74 Å². The van der Waals surface area contributed by atoms with Crippen LogP contribution in [0.3, 0.4) is 0 Å². The second-order valence-electron chi connectivity index (χ2n) is 4.08. The highest BCUT2D eigenvalue weighted by molar-refractivity contribution is 5.63. The molecule has 0 N–H and O–H groups in total. The smallest absolute Gasteiger partial charge is 0.404 e. The van der Waals surface area contributed by atoms with E-state index in [1.54, 1.807) is 31.2 Å². The van der Waals surface area contributed by atoms with Crippen molar-refractivity contribution in [3.8, 4) is 5.75 Å². The molecule has 0 saturated heterocycles. The minimum Gasteiger partial charge on any atom is -0.404 e. The van der Waals surface area contributed by atoms with Gasteiger partial charge in [-0.25, -0.2) is 4.79 Å². The van der Waals surface area contributed by atoms with Crippen molar-refractivity contribution in [2.75, 3.05) is 6.61 Å². The van der Waals surface area contributed by atoms with E-state index in [0.29, 0.717) is 18.3 Å². The second kappa shape index (κ2) is 6.91. The van der Waals surface area contributed by atoms with E-state index < -0.39 is 12.4 Å². The van der Waals surface area contributed by atoms with Crippen LogP contribution >= 0.6 is 0 Å². The number of para-hydroxylation sites is 1. The van der Waals surface area contributed by atoms with Gasteiger partial charge in [0, 0.05) is 0 Å². The number of benzene rings is 1. The molecule has 4 heteroatoms. The van der Waals surface area contributed by atoms with Crippen LogP contribution in [0.25, 0.3) is 0 Å². The molecule has 0 bridgehead atoms. The lowest BCUT2D eigenvalue weighted by molar-refractivity contribution is -0.109. The normalized spacial score (nSPS) is 12.2. The molecule has 0 aliphatic heterocycles. The Bertz CT molecular complexity index is 335. The molecule has 0 spiro atoms. The van der Waals surface area contributed by atoms with Crippen molar-refractivity contribution in [1.29, 1.82) is 0 Å². The van der Waals surface area contributed by atoms with Gasteiger partial charge >= 0.3 is 6.16 Å². The highest BCUT2D eigenvalue weighted by atomic mass is 16.8. The average Bonchev–Trinajstić information content (AvgIpc) is 2.27. The number of carbonyl (C=O) groups excluding carboxylic acids is 1. The highest BCUT2D eigenvalue weighted by Crippen LogP contribution is 2.10. The van der Waals surface area contributed by atoms with E-state index in [1.807, 2.05) is 19.9 Å². The van der Waals surface area contributed by atoms with Crippen LogP contribution in [0, 0.1) is 5.92 Å². The predicted molar refractivity (Wildman–Crippen MR) is 63.8 cm³/mol. The Balaban J connectivity index is 2.29. The first-order valence-corrected chi connectivity index (χ1v) is 5.63. The van der Waals surface area contributed by atoms with Gasteiger partial charge in [-0.1, -0.05) is 32.0 Å². The Morgan fingerprint density at radius 3 is 2.41 bits per heavy atom. The lowest BCUT2D eigenvalue weighted by Gasteiger charge is -2.15. The van der Waals surface area contributed by atoms with Gasteiger partial charge in [-0.15, -0.1) is 0 Å². The van der Waals surface area contributed by atoms with Crippen molar-refractivity contribution in [1.82, 2.24) is 0 Å². The molecule has 0 amide bonds. The lowest BCUT2D eigenvalue weighted by atomic mass is 10.2. The molecule has 0 aliphatic carbocycles. The fourth-order valence-corrected chi connectivity index (χ4v) is 1.11. The van der Waals surface area contributed by atoms with Crippen LogP contribution in [-0.2, 0) is 9.47 Å². The van der Waals surface area contributed by atoms with Crippen LogP contribution in [0.15, 0.2) is 30.3 Å². The first kappa shape index (κ1) is 13.5. The van der Waals surface area contributed by atoms with E-state index in [1.165, 1.54) is 0 Å². The summed E-state index contributed by atoms with van der Waals surface area (Å²) >= 11 is 0. The van der Waals surface area contributed by atoms with Crippen LogP contribution in [0.5, 0.6) is 5.75 Å². The molecule has 0 radical (unpaired) electrons. The SMILES string of the molecule is CC(C)COC(C)OC(=O)Oc1ccccc1. The van der Waals surface area contributed by atoms with E-state index in [0.717, 1.165) is 0 Å². The second-order valence-corrected chi connectivity index (χ2v) is 4.08. The largest absolute Gasteiger partial charge is 0.516 e.